The number of nitrogens with two attached hydrogens (primary N) is 1. The molecule has 2 aliphatic rings. The molecule has 9 nitrogen and oxygen atoms in total. The van der Waals surface area contributed by atoms with Crippen molar-refractivity contribution in [3.05, 3.63) is 54.1 Å². The number of likely N-dealkylation sites (tertiary alicyclic amines) is 1. The van der Waals surface area contributed by atoms with Gasteiger partial charge in [-0.3, -0.25) is 9.67 Å². The number of pyridine rings is 2. The molecule has 5 heterocycles. The lowest BCUT2D eigenvalue weighted by Crippen LogP contribution is -2.43. The van der Waals surface area contributed by atoms with Crippen molar-refractivity contribution in [2.24, 2.45) is 0 Å². The third-order valence-electron chi connectivity index (χ3n) is 6.76. The topological polar surface area (TPSA) is 111 Å². The van der Waals surface area contributed by atoms with Crippen LogP contribution in [-0.4, -0.2) is 49.8 Å². The summed E-state index contributed by atoms with van der Waals surface area (Å²) in [7, 11) is 0. The fourth-order valence-electron chi connectivity index (χ4n) is 4.96. The summed E-state index contributed by atoms with van der Waals surface area (Å²) in [5.41, 5.74) is 9.75. The number of nitrogens with one attached hydrogen (secondary N) is 1. The molecule has 5 rings (SSSR count). The fraction of sp³-hybridized carbons (Fsp3) is 0.440. The monoisotopic (exact) mass is 461 g/mol. The number of aromatic nitrogens is 4. The molecule has 1 saturated heterocycles. The first-order chi connectivity index (χ1) is 16.3. The molecule has 34 heavy (non-hydrogen) atoms. The van der Waals surface area contributed by atoms with E-state index in [0.29, 0.717) is 18.1 Å². The van der Waals surface area contributed by atoms with Crippen molar-refractivity contribution in [2.75, 3.05) is 18.8 Å². The molecule has 3 aromatic rings. The number of carbonyl (C=O) groups excluding carboxylic acids is 1. The van der Waals surface area contributed by atoms with Crippen LogP contribution in [0.4, 0.5) is 10.6 Å². The van der Waals surface area contributed by atoms with Crippen molar-refractivity contribution in [1.29, 1.82) is 0 Å². The maximum absolute atomic E-state index is 12.5. The normalized spacial score (nSPS) is 20.1. The molecular weight excluding hydrogens is 430 g/mol. The zero-order valence-corrected chi connectivity index (χ0v) is 19.9. The molecule has 0 bridgehead atoms. The van der Waals surface area contributed by atoms with Gasteiger partial charge in [0.1, 0.15) is 6.10 Å². The van der Waals surface area contributed by atoms with Crippen LogP contribution in [0.25, 0.3) is 11.3 Å². The Kier molecular flexibility index (Phi) is 5.63. The summed E-state index contributed by atoms with van der Waals surface area (Å²) in [5, 5.41) is 7.87. The highest BCUT2D eigenvalue weighted by molar-refractivity contribution is 5.75. The number of nitrogen functional groups attached to an aromatic ring is 1. The molecule has 1 fully saturated rings. The van der Waals surface area contributed by atoms with Crippen LogP contribution in [0, 0.1) is 0 Å². The number of carbonyl (C=O) groups is 1. The molecule has 2 amide bonds. The van der Waals surface area contributed by atoms with Crippen molar-refractivity contribution in [3.63, 3.8) is 0 Å². The number of amides is 2. The molecule has 0 aromatic carbocycles. The van der Waals surface area contributed by atoms with Crippen LogP contribution in [0.3, 0.4) is 0 Å². The van der Waals surface area contributed by atoms with E-state index >= 15 is 0 Å². The van der Waals surface area contributed by atoms with Crippen LogP contribution in [0.2, 0.25) is 0 Å². The lowest BCUT2D eigenvalue weighted by Gasteiger charge is -2.24. The number of anilines is 1. The molecule has 2 unspecified atom stereocenters. The number of ether oxygens (including phenoxy) is 1. The van der Waals surface area contributed by atoms with E-state index < -0.39 is 0 Å². The van der Waals surface area contributed by atoms with E-state index in [2.05, 4.69) is 26.0 Å². The van der Waals surface area contributed by atoms with Crippen LogP contribution in [0.15, 0.2) is 42.7 Å². The van der Waals surface area contributed by atoms with E-state index in [1.54, 1.807) is 12.4 Å². The number of fused-ring (bicyclic) bond motifs is 2. The highest BCUT2D eigenvalue weighted by Crippen LogP contribution is 2.44. The van der Waals surface area contributed by atoms with Gasteiger partial charge in [-0.25, -0.2) is 9.78 Å². The van der Waals surface area contributed by atoms with Gasteiger partial charge in [0, 0.05) is 54.7 Å². The number of urea groups is 1. The van der Waals surface area contributed by atoms with Crippen LogP contribution in [-0.2, 0) is 12.0 Å². The van der Waals surface area contributed by atoms with Crippen LogP contribution < -0.4 is 15.8 Å². The second kappa shape index (κ2) is 8.62. The third kappa shape index (κ3) is 4.06. The predicted molar refractivity (Wildman–Crippen MR) is 129 cm³/mol. The SMILES string of the molecule is CC(C)NC(=O)N1CCC2(CCn3nc(-c4cnc(N)c(OC(C)c5ccccn5)c4)cc32)C1. The van der Waals surface area contributed by atoms with Gasteiger partial charge in [-0.05, 0) is 57.9 Å². The number of hydrogen-bond acceptors (Lipinski definition) is 6. The first-order valence-electron chi connectivity index (χ1n) is 11.8. The van der Waals surface area contributed by atoms with E-state index in [1.165, 1.54) is 5.69 Å². The number of aryl methyl sites for hydroxylation is 1. The van der Waals surface area contributed by atoms with Crippen LogP contribution in [0.1, 0.15) is 51.1 Å². The van der Waals surface area contributed by atoms with E-state index in [0.717, 1.165) is 42.9 Å². The maximum atomic E-state index is 12.5. The number of hydrogen-bond donors (Lipinski definition) is 2. The highest BCUT2D eigenvalue weighted by atomic mass is 16.5. The Balaban J connectivity index is 1.37. The first kappa shape index (κ1) is 22.2. The van der Waals surface area contributed by atoms with Crippen molar-refractivity contribution < 1.29 is 9.53 Å². The van der Waals surface area contributed by atoms with E-state index in [4.69, 9.17) is 15.6 Å². The Hall–Kier alpha value is -3.62. The molecule has 2 aliphatic heterocycles. The smallest absolute Gasteiger partial charge is 0.317 e. The van der Waals surface area contributed by atoms with E-state index in [9.17, 15) is 4.79 Å². The highest BCUT2D eigenvalue weighted by Gasteiger charge is 2.47. The van der Waals surface area contributed by atoms with Crippen LogP contribution >= 0.6 is 0 Å². The first-order valence-corrected chi connectivity index (χ1v) is 11.8. The zero-order valence-electron chi connectivity index (χ0n) is 19.9. The summed E-state index contributed by atoms with van der Waals surface area (Å²) >= 11 is 0. The van der Waals surface area contributed by atoms with Gasteiger partial charge in [0.15, 0.2) is 11.6 Å². The Morgan fingerprint density at radius 3 is 2.76 bits per heavy atom. The standard InChI is InChI=1S/C25H31N7O2/c1-16(2)29-24(33)31-10-7-25(15-31)8-11-32-22(25)13-20(30-32)18-12-21(23(26)28-14-18)34-17(3)19-6-4-5-9-27-19/h4-6,9,12-14,16-17H,7-8,10-11,15H2,1-3H3,(H2,26,28)(H,29,33). The lowest BCUT2D eigenvalue weighted by atomic mass is 9.82. The van der Waals surface area contributed by atoms with E-state index in [1.807, 2.05) is 49.9 Å². The summed E-state index contributed by atoms with van der Waals surface area (Å²) in [6.07, 6.45) is 5.15. The molecule has 3 aromatic heterocycles. The molecule has 1 spiro atoms. The van der Waals surface area contributed by atoms with Crippen LogP contribution in [0.5, 0.6) is 5.75 Å². The minimum Gasteiger partial charge on any atom is -0.481 e. The molecule has 0 aliphatic carbocycles. The number of nitrogens with zero attached hydrogens (tertiary/aromatic N) is 5. The van der Waals surface area contributed by atoms with Gasteiger partial charge in [0.25, 0.3) is 0 Å². The minimum absolute atomic E-state index is 0.0108. The Morgan fingerprint density at radius 1 is 1.18 bits per heavy atom. The molecular formula is C25H31N7O2. The van der Waals surface area contributed by atoms with Crippen molar-refractivity contribution >= 4 is 11.8 Å². The Labute approximate surface area is 199 Å². The summed E-state index contributed by atoms with van der Waals surface area (Å²) in [6.45, 7) is 8.22. The summed E-state index contributed by atoms with van der Waals surface area (Å²) < 4.78 is 8.18. The zero-order chi connectivity index (χ0) is 23.9. The number of rotatable bonds is 5. The van der Waals surface area contributed by atoms with Gasteiger partial charge in [0.05, 0.1) is 11.4 Å². The predicted octanol–water partition coefficient (Wildman–Crippen LogP) is 3.53. The maximum Gasteiger partial charge on any atom is 0.317 e. The van der Waals surface area contributed by atoms with Crippen molar-refractivity contribution in [3.8, 4) is 17.0 Å². The summed E-state index contributed by atoms with van der Waals surface area (Å²) in [6, 6.07) is 9.89. The second-order valence-electron chi connectivity index (χ2n) is 9.57. The fourth-order valence-corrected chi connectivity index (χ4v) is 4.96. The average molecular weight is 462 g/mol. The molecule has 0 radical (unpaired) electrons. The van der Waals surface area contributed by atoms with Gasteiger partial charge in [-0.2, -0.15) is 5.10 Å². The average Bonchev–Trinajstić information content (AvgIpc) is 3.52. The van der Waals surface area contributed by atoms with Gasteiger partial charge in [-0.1, -0.05) is 6.07 Å². The quantitative estimate of drug-likeness (QED) is 0.601. The van der Waals surface area contributed by atoms with Crippen molar-refractivity contribution in [1.82, 2.24) is 30.0 Å². The Morgan fingerprint density at radius 2 is 2.00 bits per heavy atom. The lowest BCUT2D eigenvalue weighted by molar-refractivity contribution is 0.203. The molecule has 178 valence electrons. The van der Waals surface area contributed by atoms with Gasteiger partial charge < -0.3 is 20.7 Å². The Bertz CT molecular complexity index is 1190. The molecule has 3 N–H and O–H groups in total. The van der Waals surface area contributed by atoms with E-state index in [-0.39, 0.29) is 23.6 Å². The largest absolute Gasteiger partial charge is 0.481 e. The second-order valence-corrected chi connectivity index (χ2v) is 9.57. The van der Waals surface area contributed by atoms with Gasteiger partial charge in [0.2, 0.25) is 0 Å². The summed E-state index contributed by atoms with van der Waals surface area (Å²) in [5.74, 6) is 0.841. The molecule has 9 heteroatoms. The van der Waals surface area contributed by atoms with Gasteiger partial charge in [-0.15, -0.1) is 0 Å². The molecule has 0 saturated carbocycles. The van der Waals surface area contributed by atoms with Gasteiger partial charge >= 0.3 is 6.03 Å². The molecule has 2 atom stereocenters. The minimum atomic E-state index is -0.266. The summed E-state index contributed by atoms with van der Waals surface area (Å²) in [4.78, 5) is 23.2. The third-order valence-corrected chi connectivity index (χ3v) is 6.76. The van der Waals surface area contributed by atoms with Crippen molar-refractivity contribution in [2.45, 2.75) is 57.7 Å².